The maximum absolute atomic E-state index is 13.8. The number of benzene rings is 3. The van der Waals surface area contributed by atoms with Crippen LogP contribution in [0.15, 0.2) is 83.7 Å². The van der Waals surface area contributed by atoms with Gasteiger partial charge in [0.2, 0.25) is 5.91 Å². The largest absolute Gasteiger partial charge is 0.329 e. The number of rotatable bonds is 11. The Hall–Kier alpha value is -4.30. The summed E-state index contributed by atoms with van der Waals surface area (Å²) in [4.78, 5) is 44.5. The topological polar surface area (TPSA) is 98.3 Å². The van der Waals surface area contributed by atoms with Crippen LogP contribution in [-0.2, 0) is 4.79 Å². The van der Waals surface area contributed by atoms with E-state index in [9.17, 15) is 19.7 Å². The van der Waals surface area contributed by atoms with Gasteiger partial charge in [-0.05, 0) is 67.4 Å². The van der Waals surface area contributed by atoms with Gasteiger partial charge < -0.3 is 4.90 Å². The summed E-state index contributed by atoms with van der Waals surface area (Å²) in [6.07, 6.45) is 6.96. The molecule has 0 N–H and O–H groups in total. The summed E-state index contributed by atoms with van der Waals surface area (Å²) in [6.45, 7) is 4.47. The van der Waals surface area contributed by atoms with Crippen molar-refractivity contribution in [3.63, 3.8) is 0 Å². The van der Waals surface area contributed by atoms with Crippen LogP contribution in [0.3, 0.4) is 0 Å². The first kappa shape index (κ1) is 28.7. The van der Waals surface area contributed by atoms with E-state index in [2.05, 4.69) is 6.92 Å². The summed E-state index contributed by atoms with van der Waals surface area (Å²) in [6, 6.07) is 19.6. The molecule has 1 atom stereocenters. The number of carbonyl (C=O) groups excluding carboxylic acids is 1. The molecule has 0 spiro atoms. The number of carbonyl (C=O) groups is 1. The lowest BCUT2D eigenvalue weighted by Crippen LogP contribution is -2.37. The van der Waals surface area contributed by atoms with E-state index < -0.39 is 11.0 Å². The first-order chi connectivity index (χ1) is 19.3. The second-order valence-electron chi connectivity index (χ2n) is 9.56. The molecule has 4 aromatic rings. The van der Waals surface area contributed by atoms with Crippen molar-refractivity contribution in [1.29, 1.82) is 0 Å². The number of non-ortho nitro benzene ring substituents is 1. The number of nitro benzene ring substituents is 1. The fourth-order valence-corrected chi connectivity index (χ4v) is 4.79. The van der Waals surface area contributed by atoms with E-state index in [1.165, 1.54) is 22.8 Å². The Kier molecular flexibility index (Phi) is 9.45. The van der Waals surface area contributed by atoms with Crippen LogP contribution < -0.4 is 5.56 Å². The molecule has 9 heteroatoms. The van der Waals surface area contributed by atoms with Crippen LogP contribution in [0.1, 0.15) is 57.0 Å². The van der Waals surface area contributed by atoms with Crippen LogP contribution in [0.25, 0.3) is 22.7 Å². The highest BCUT2D eigenvalue weighted by Gasteiger charge is 2.26. The number of amides is 1. The van der Waals surface area contributed by atoms with Gasteiger partial charge in [0.25, 0.3) is 11.2 Å². The molecule has 0 aliphatic carbocycles. The molecule has 4 rings (SSSR count). The van der Waals surface area contributed by atoms with Gasteiger partial charge in [0.15, 0.2) is 0 Å². The molecule has 0 aliphatic rings. The number of fused-ring (bicyclic) bond motifs is 1. The second kappa shape index (κ2) is 13.2. The first-order valence-electron chi connectivity index (χ1n) is 13.3. The molecule has 1 aromatic heterocycles. The van der Waals surface area contributed by atoms with E-state index in [4.69, 9.17) is 16.6 Å². The molecule has 0 bridgehead atoms. The van der Waals surface area contributed by atoms with Crippen LogP contribution in [0, 0.1) is 10.1 Å². The zero-order valence-electron chi connectivity index (χ0n) is 22.5. The number of unbranched alkanes of at least 4 members (excludes halogenated alkanes) is 3. The maximum Gasteiger partial charge on any atom is 0.269 e. The molecule has 0 saturated carbocycles. The fraction of sp³-hybridized carbons (Fsp3) is 0.258. The van der Waals surface area contributed by atoms with Crippen molar-refractivity contribution in [2.45, 2.75) is 45.6 Å². The van der Waals surface area contributed by atoms with Crippen LogP contribution in [0.4, 0.5) is 5.69 Å². The van der Waals surface area contributed by atoms with Crippen LogP contribution in [0.5, 0.6) is 0 Å². The molecule has 0 aliphatic heterocycles. The van der Waals surface area contributed by atoms with Gasteiger partial charge in [-0.1, -0.05) is 56.0 Å². The fourth-order valence-electron chi connectivity index (χ4n) is 4.61. The number of aromatic nitrogens is 2. The van der Waals surface area contributed by atoms with E-state index in [0.29, 0.717) is 39.5 Å². The minimum Gasteiger partial charge on any atom is -0.329 e. The highest BCUT2D eigenvalue weighted by molar-refractivity contribution is 6.30. The highest BCUT2D eigenvalue weighted by atomic mass is 35.5. The standard InChI is InChI=1S/C31H31ClN4O4/c1-3-4-5-8-20-34(29(37)19-16-23-14-17-25(18-15-23)36(39)40)22(2)30-33-28-13-7-6-12-27(28)31(38)35(30)26-11-9-10-24(32)21-26/h6-7,9-19,21-22H,3-5,8,20H2,1-2H3. The molecule has 0 radical (unpaired) electrons. The van der Waals surface area contributed by atoms with E-state index in [1.807, 2.05) is 13.0 Å². The first-order valence-corrected chi connectivity index (χ1v) is 13.7. The third kappa shape index (κ3) is 6.63. The lowest BCUT2D eigenvalue weighted by atomic mass is 10.1. The van der Waals surface area contributed by atoms with Crippen LogP contribution in [-0.4, -0.2) is 31.8 Å². The average molecular weight is 559 g/mol. The number of nitro groups is 1. The minimum absolute atomic E-state index is 0.0176. The molecule has 1 unspecified atom stereocenters. The summed E-state index contributed by atoms with van der Waals surface area (Å²) in [5.74, 6) is 0.181. The van der Waals surface area contributed by atoms with Crippen molar-refractivity contribution < 1.29 is 9.72 Å². The molecule has 40 heavy (non-hydrogen) atoms. The van der Waals surface area contributed by atoms with E-state index >= 15 is 0 Å². The predicted octanol–water partition coefficient (Wildman–Crippen LogP) is 7.13. The van der Waals surface area contributed by atoms with Gasteiger partial charge in [-0.25, -0.2) is 4.98 Å². The average Bonchev–Trinajstić information content (AvgIpc) is 2.95. The SMILES string of the molecule is CCCCCCN(C(=O)C=Cc1ccc([N+](=O)[O-])cc1)C(C)c1nc2ccccc2c(=O)n1-c1cccc(Cl)c1. The zero-order chi connectivity index (χ0) is 28.6. The summed E-state index contributed by atoms with van der Waals surface area (Å²) in [5, 5.41) is 11.9. The van der Waals surface area contributed by atoms with Gasteiger partial charge in [0.1, 0.15) is 5.82 Å². The van der Waals surface area contributed by atoms with Crippen molar-refractivity contribution in [2.24, 2.45) is 0 Å². The van der Waals surface area contributed by atoms with Crippen molar-refractivity contribution in [3.8, 4) is 5.69 Å². The summed E-state index contributed by atoms with van der Waals surface area (Å²) < 4.78 is 1.53. The van der Waals surface area contributed by atoms with Gasteiger partial charge in [-0.2, -0.15) is 0 Å². The Labute approximate surface area is 237 Å². The molecule has 8 nitrogen and oxygen atoms in total. The van der Waals surface area contributed by atoms with E-state index in [-0.39, 0.29) is 17.2 Å². The van der Waals surface area contributed by atoms with Gasteiger partial charge in [0, 0.05) is 29.8 Å². The number of hydrogen-bond acceptors (Lipinski definition) is 5. The summed E-state index contributed by atoms with van der Waals surface area (Å²) >= 11 is 6.29. The van der Waals surface area contributed by atoms with E-state index in [1.54, 1.807) is 65.6 Å². The van der Waals surface area contributed by atoms with Gasteiger partial charge in [-0.15, -0.1) is 0 Å². The quantitative estimate of drug-likeness (QED) is 0.0843. The third-order valence-corrected chi connectivity index (χ3v) is 7.00. The molecule has 1 amide bonds. The molecule has 0 fully saturated rings. The third-order valence-electron chi connectivity index (χ3n) is 6.77. The number of nitrogens with zero attached hydrogens (tertiary/aromatic N) is 4. The number of hydrogen-bond donors (Lipinski definition) is 0. The van der Waals surface area contributed by atoms with Crippen molar-refractivity contribution in [2.75, 3.05) is 6.54 Å². The van der Waals surface area contributed by atoms with Gasteiger partial charge in [-0.3, -0.25) is 24.3 Å². The molecule has 0 saturated heterocycles. The lowest BCUT2D eigenvalue weighted by molar-refractivity contribution is -0.384. The number of para-hydroxylation sites is 1. The molecule has 1 heterocycles. The van der Waals surface area contributed by atoms with Crippen LogP contribution in [0.2, 0.25) is 5.02 Å². The summed E-state index contributed by atoms with van der Waals surface area (Å²) in [7, 11) is 0. The molecular weight excluding hydrogens is 528 g/mol. The predicted molar refractivity (Wildman–Crippen MR) is 159 cm³/mol. The minimum atomic E-state index is -0.549. The Bertz CT molecular complexity index is 1600. The lowest BCUT2D eigenvalue weighted by Gasteiger charge is -2.30. The monoisotopic (exact) mass is 558 g/mol. The zero-order valence-corrected chi connectivity index (χ0v) is 23.3. The summed E-state index contributed by atoms with van der Waals surface area (Å²) in [5.41, 5.74) is 1.52. The normalized spacial score (nSPS) is 12.1. The Morgan fingerprint density at radius 3 is 2.52 bits per heavy atom. The van der Waals surface area contributed by atoms with Crippen LogP contribution >= 0.6 is 11.6 Å². The molecule has 206 valence electrons. The molecule has 3 aromatic carbocycles. The Morgan fingerprint density at radius 2 is 1.82 bits per heavy atom. The van der Waals surface area contributed by atoms with Gasteiger partial charge >= 0.3 is 0 Å². The smallest absolute Gasteiger partial charge is 0.269 e. The van der Waals surface area contributed by atoms with Crippen molar-refractivity contribution >= 4 is 40.2 Å². The van der Waals surface area contributed by atoms with Crippen molar-refractivity contribution in [3.05, 3.63) is 116 Å². The second-order valence-corrected chi connectivity index (χ2v) is 9.99. The van der Waals surface area contributed by atoms with E-state index in [0.717, 1.165) is 25.7 Å². The Balaban J connectivity index is 1.76. The number of halogens is 1. The highest BCUT2D eigenvalue weighted by Crippen LogP contribution is 2.25. The van der Waals surface area contributed by atoms with Crippen molar-refractivity contribution in [1.82, 2.24) is 14.5 Å². The Morgan fingerprint density at radius 1 is 1.07 bits per heavy atom. The van der Waals surface area contributed by atoms with Gasteiger partial charge in [0.05, 0.1) is 27.6 Å². The molecular formula is C31H31ClN4O4. The maximum atomic E-state index is 13.8.